The quantitative estimate of drug-likeness (QED) is 0.766. The molecule has 1 fully saturated rings. The van der Waals surface area contributed by atoms with Crippen molar-refractivity contribution in [1.82, 2.24) is 10.6 Å². The van der Waals surface area contributed by atoms with Crippen molar-refractivity contribution >= 4 is 17.7 Å². The lowest BCUT2D eigenvalue weighted by molar-refractivity contribution is -0.133. The molecule has 0 aliphatic carbocycles. The maximum Gasteiger partial charge on any atom is 0.227 e. The smallest absolute Gasteiger partial charge is 0.227 e. The second-order valence-corrected chi connectivity index (χ2v) is 6.06. The van der Waals surface area contributed by atoms with Crippen LogP contribution in [-0.2, 0) is 4.79 Å². The molecule has 1 aliphatic rings. The Bertz CT molecular complexity index is 240. The van der Waals surface area contributed by atoms with Gasteiger partial charge in [0, 0.05) is 12.6 Å². The summed E-state index contributed by atoms with van der Waals surface area (Å²) in [4.78, 5) is 12.4. The van der Waals surface area contributed by atoms with E-state index in [4.69, 9.17) is 0 Å². The van der Waals surface area contributed by atoms with Crippen molar-refractivity contribution in [2.75, 3.05) is 25.1 Å². The second kappa shape index (κ2) is 7.27. The van der Waals surface area contributed by atoms with Gasteiger partial charge in [0.05, 0.1) is 5.41 Å². The Morgan fingerprint density at radius 3 is 2.88 bits per heavy atom. The van der Waals surface area contributed by atoms with Crippen LogP contribution in [0, 0.1) is 5.41 Å². The van der Waals surface area contributed by atoms with Gasteiger partial charge in [0.25, 0.3) is 0 Å². The topological polar surface area (TPSA) is 41.1 Å². The molecule has 0 saturated carbocycles. The summed E-state index contributed by atoms with van der Waals surface area (Å²) in [7, 11) is 0. The first-order chi connectivity index (χ1) is 8.14. The highest BCUT2D eigenvalue weighted by Crippen LogP contribution is 2.30. The van der Waals surface area contributed by atoms with Crippen molar-refractivity contribution in [2.24, 2.45) is 5.41 Å². The molecule has 1 amide bonds. The molecular weight excluding hydrogens is 232 g/mol. The molecule has 1 rings (SSSR count). The molecule has 1 heterocycles. The molecule has 0 aromatic carbocycles. The number of carbonyl (C=O) groups excluding carboxylic acids is 1. The molecule has 1 saturated heterocycles. The van der Waals surface area contributed by atoms with E-state index < -0.39 is 0 Å². The number of nitrogens with one attached hydrogen (secondary N) is 2. The van der Waals surface area contributed by atoms with Gasteiger partial charge in [-0.3, -0.25) is 4.79 Å². The first-order valence-electron chi connectivity index (χ1n) is 6.65. The molecule has 2 N–H and O–H groups in total. The van der Waals surface area contributed by atoms with E-state index in [0.717, 1.165) is 44.5 Å². The van der Waals surface area contributed by atoms with Crippen LogP contribution in [0.25, 0.3) is 0 Å². The Morgan fingerprint density at radius 2 is 2.35 bits per heavy atom. The monoisotopic (exact) mass is 258 g/mol. The Labute approximate surface area is 109 Å². The van der Waals surface area contributed by atoms with Gasteiger partial charge in [0.2, 0.25) is 5.91 Å². The summed E-state index contributed by atoms with van der Waals surface area (Å²) in [6, 6.07) is 0.292. The summed E-state index contributed by atoms with van der Waals surface area (Å²) in [5.41, 5.74) is -0.161. The normalized spacial score (nSPS) is 26.5. The van der Waals surface area contributed by atoms with Crippen LogP contribution in [0.15, 0.2) is 0 Å². The Morgan fingerprint density at radius 1 is 1.59 bits per heavy atom. The van der Waals surface area contributed by atoms with Crippen LogP contribution in [0.2, 0.25) is 0 Å². The Kier molecular flexibility index (Phi) is 6.34. The highest BCUT2D eigenvalue weighted by atomic mass is 32.2. The summed E-state index contributed by atoms with van der Waals surface area (Å²) < 4.78 is 0. The van der Waals surface area contributed by atoms with Crippen molar-refractivity contribution in [2.45, 2.75) is 45.6 Å². The van der Waals surface area contributed by atoms with Crippen molar-refractivity contribution in [3.05, 3.63) is 0 Å². The maximum absolute atomic E-state index is 12.4. The van der Waals surface area contributed by atoms with Crippen LogP contribution in [-0.4, -0.2) is 37.0 Å². The van der Waals surface area contributed by atoms with Gasteiger partial charge in [-0.25, -0.2) is 0 Å². The number of piperidine rings is 1. The molecule has 3 nitrogen and oxygen atoms in total. The van der Waals surface area contributed by atoms with Gasteiger partial charge in [0.15, 0.2) is 0 Å². The molecule has 0 spiro atoms. The van der Waals surface area contributed by atoms with E-state index in [0.29, 0.717) is 6.04 Å². The van der Waals surface area contributed by atoms with E-state index in [2.05, 4.69) is 30.7 Å². The molecule has 0 aromatic heterocycles. The van der Waals surface area contributed by atoms with E-state index in [1.165, 1.54) is 0 Å². The zero-order chi connectivity index (χ0) is 12.7. The second-order valence-electron chi connectivity index (χ2n) is 5.07. The zero-order valence-corrected chi connectivity index (χ0v) is 12.2. The summed E-state index contributed by atoms with van der Waals surface area (Å²) in [5, 5.41) is 6.54. The average molecular weight is 258 g/mol. The van der Waals surface area contributed by atoms with E-state index >= 15 is 0 Å². The number of thioether (sulfide) groups is 1. The van der Waals surface area contributed by atoms with Crippen LogP contribution in [0.4, 0.5) is 0 Å². The van der Waals surface area contributed by atoms with Crippen molar-refractivity contribution in [3.63, 3.8) is 0 Å². The van der Waals surface area contributed by atoms with E-state index in [1.54, 1.807) is 0 Å². The molecule has 100 valence electrons. The van der Waals surface area contributed by atoms with Crippen molar-refractivity contribution < 1.29 is 4.79 Å². The first kappa shape index (κ1) is 14.8. The van der Waals surface area contributed by atoms with Crippen LogP contribution in [0.1, 0.15) is 39.5 Å². The molecule has 1 aliphatic heterocycles. The number of carbonyl (C=O) groups is 1. The minimum absolute atomic E-state index is 0.161. The number of hydrogen-bond donors (Lipinski definition) is 2. The highest BCUT2D eigenvalue weighted by Gasteiger charge is 2.38. The molecule has 0 bridgehead atoms. The van der Waals surface area contributed by atoms with Gasteiger partial charge >= 0.3 is 0 Å². The Hall–Kier alpha value is -0.220. The number of amides is 1. The van der Waals surface area contributed by atoms with Gasteiger partial charge < -0.3 is 10.6 Å². The standard InChI is InChI=1S/C13H26N2OS/c1-4-13(7-5-8-14-10-13)12(16)15-11(2)6-9-17-3/h11,14H,4-10H2,1-3H3,(H,15,16). The van der Waals surface area contributed by atoms with Gasteiger partial charge in [-0.2, -0.15) is 11.8 Å². The van der Waals surface area contributed by atoms with E-state index in [-0.39, 0.29) is 11.3 Å². The third-order valence-electron chi connectivity index (χ3n) is 3.76. The van der Waals surface area contributed by atoms with Gasteiger partial charge in [-0.15, -0.1) is 0 Å². The number of rotatable bonds is 6. The fourth-order valence-corrected chi connectivity index (χ4v) is 2.96. The Balaban J connectivity index is 2.48. The van der Waals surface area contributed by atoms with Crippen LogP contribution < -0.4 is 10.6 Å². The molecule has 0 aromatic rings. The number of hydrogen-bond acceptors (Lipinski definition) is 3. The highest BCUT2D eigenvalue weighted by molar-refractivity contribution is 7.98. The molecular formula is C13H26N2OS. The molecule has 0 radical (unpaired) electrons. The molecule has 2 atom stereocenters. The minimum Gasteiger partial charge on any atom is -0.353 e. The van der Waals surface area contributed by atoms with Gasteiger partial charge in [-0.1, -0.05) is 6.92 Å². The lowest BCUT2D eigenvalue weighted by atomic mass is 9.77. The van der Waals surface area contributed by atoms with Crippen LogP contribution in [0.5, 0.6) is 0 Å². The SMILES string of the molecule is CCC1(C(=O)NC(C)CCSC)CCCNC1. The fourth-order valence-electron chi connectivity index (χ4n) is 2.37. The predicted molar refractivity (Wildman–Crippen MR) is 75.4 cm³/mol. The van der Waals surface area contributed by atoms with Crippen molar-refractivity contribution in [3.8, 4) is 0 Å². The minimum atomic E-state index is -0.161. The van der Waals surface area contributed by atoms with E-state index in [1.807, 2.05) is 11.8 Å². The van der Waals surface area contributed by atoms with Crippen LogP contribution in [0.3, 0.4) is 0 Å². The maximum atomic E-state index is 12.4. The summed E-state index contributed by atoms with van der Waals surface area (Å²) >= 11 is 1.83. The summed E-state index contributed by atoms with van der Waals surface area (Å²) in [6.45, 7) is 6.12. The van der Waals surface area contributed by atoms with Crippen LogP contribution >= 0.6 is 11.8 Å². The van der Waals surface area contributed by atoms with E-state index in [9.17, 15) is 4.79 Å². The third kappa shape index (κ3) is 4.18. The predicted octanol–water partition coefficient (Wildman–Crippen LogP) is 2.02. The molecule has 2 unspecified atom stereocenters. The summed E-state index contributed by atoms with van der Waals surface area (Å²) in [5.74, 6) is 1.36. The van der Waals surface area contributed by atoms with Gasteiger partial charge in [-0.05, 0) is 51.2 Å². The fraction of sp³-hybridized carbons (Fsp3) is 0.923. The first-order valence-corrected chi connectivity index (χ1v) is 8.04. The lowest BCUT2D eigenvalue weighted by Gasteiger charge is -2.36. The summed E-state index contributed by atoms with van der Waals surface area (Å²) in [6.07, 6.45) is 6.23. The lowest BCUT2D eigenvalue weighted by Crippen LogP contribution is -2.52. The van der Waals surface area contributed by atoms with Gasteiger partial charge in [0.1, 0.15) is 0 Å². The van der Waals surface area contributed by atoms with Crippen molar-refractivity contribution in [1.29, 1.82) is 0 Å². The average Bonchev–Trinajstić information content (AvgIpc) is 2.37. The molecule has 17 heavy (non-hydrogen) atoms. The molecule has 4 heteroatoms. The third-order valence-corrected chi connectivity index (χ3v) is 4.41. The largest absolute Gasteiger partial charge is 0.353 e. The zero-order valence-electron chi connectivity index (χ0n) is 11.3.